The van der Waals surface area contributed by atoms with Crippen LogP contribution in [-0.4, -0.2) is 23.1 Å². The molecule has 1 aromatic heterocycles. The SMILES string of the molecule is Cc1cc(NC(=O)CC2Oc3ccccc3NC2=O)no1. The van der Waals surface area contributed by atoms with Gasteiger partial charge in [0.05, 0.1) is 12.1 Å². The first kappa shape index (κ1) is 13.2. The van der Waals surface area contributed by atoms with E-state index in [0.29, 0.717) is 23.0 Å². The topological polar surface area (TPSA) is 93.5 Å². The highest BCUT2D eigenvalue weighted by Gasteiger charge is 2.29. The molecule has 3 rings (SSSR count). The van der Waals surface area contributed by atoms with E-state index in [9.17, 15) is 9.59 Å². The van der Waals surface area contributed by atoms with Crippen LogP contribution in [0, 0.1) is 6.92 Å². The number of nitrogens with one attached hydrogen (secondary N) is 2. The number of ether oxygens (including phenoxy) is 1. The number of benzene rings is 1. The van der Waals surface area contributed by atoms with Crippen LogP contribution in [0.5, 0.6) is 5.75 Å². The predicted octanol–water partition coefficient (Wildman–Crippen LogP) is 1.71. The van der Waals surface area contributed by atoms with Crippen molar-refractivity contribution in [3.8, 4) is 5.75 Å². The van der Waals surface area contributed by atoms with Crippen molar-refractivity contribution in [2.24, 2.45) is 0 Å². The first-order valence-corrected chi connectivity index (χ1v) is 6.41. The molecule has 0 bridgehead atoms. The van der Waals surface area contributed by atoms with E-state index in [2.05, 4.69) is 15.8 Å². The lowest BCUT2D eigenvalue weighted by Gasteiger charge is -2.25. The number of aromatic nitrogens is 1. The molecule has 2 aromatic rings. The Balaban J connectivity index is 1.65. The zero-order valence-corrected chi connectivity index (χ0v) is 11.3. The third-order valence-electron chi connectivity index (χ3n) is 2.97. The first-order valence-electron chi connectivity index (χ1n) is 6.41. The second kappa shape index (κ2) is 5.28. The lowest BCUT2D eigenvalue weighted by Crippen LogP contribution is -2.39. The Morgan fingerprint density at radius 2 is 2.24 bits per heavy atom. The van der Waals surface area contributed by atoms with E-state index in [1.807, 2.05) is 0 Å². The van der Waals surface area contributed by atoms with Crippen LogP contribution in [0.2, 0.25) is 0 Å². The van der Waals surface area contributed by atoms with E-state index < -0.39 is 6.10 Å². The van der Waals surface area contributed by atoms with Crippen molar-refractivity contribution in [1.82, 2.24) is 5.16 Å². The molecule has 0 spiro atoms. The van der Waals surface area contributed by atoms with Gasteiger partial charge in [0, 0.05) is 6.07 Å². The molecule has 1 unspecified atom stereocenters. The molecule has 7 heteroatoms. The lowest BCUT2D eigenvalue weighted by atomic mass is 10.1. The largest absolute Gasteiger partial charge is 0.478 e. The van der Waals surface area contributed by atoms with Gasteiger partial charge in [0.25, 0.3) is 5.91 Å². The minimum atomic E-state index is -0.868. The standard InChI is InChI=1S/C14H13N3O4/c1-8-6-12(17-21-8)16-13(18)7-11-14(19)15-9-4-2-3-5-10(9)20-11/h2-6,11H,7H2,1H3,(H,15,19)(H,16,17,18). The van der Waals surface area contributed by atoms with E-state index in [1.54, 1.807) is 37.3 Å². The van der Waals surface area contributed by atoms with Crippen molar-refractivity contribution in [1.29, 1.82) is 0 Å². The number of para-hydroxylation sites is 2. The summed E-state index contributed by atoms with van der Waals surface area (Å²) in [5.74, 6) is 0.732. The summed E-state index contributed by atoms with van der Waals surface area (Å²) in [6, 6.07) is 8.66. The van der Waals surface area contributed by atoms with Crippen LogP contribution in [0.25, 0.3) is 0 Å². The van der Waals surface area contributed by atoms with Crippen molar-refractivity contribution >= 4 is 23.3 Å². The summed E-state index contributed by atoms with van der Waals surface area (Å²) in [6.45, 7) is 1.72. The Labute approximate surface area is 120 Å². The second-order valence-electron chi connectivity index (χ2n) is 4.67. The molecule has 1 atom stereocenters. The normalized spacial score (nSPS) is 16.6. The molecule has 7 nitrogen and oxygen atoms in total. The zero-order chi connectivity index (χ0) is 14.8. The number of amides is 2. The van der Waals surface area contributed by atoms with Crippen LogP contribution in [0.15, 0.2) is 34.9 Å². The summed E-state index contributed by atoms with van der Waals surface area (Å²) in [7, 11) is 0. The summed E-state index contributed by atoms with van der Waals surface area (Å²) < 4.78 is 10.4. The van der Waals surface area contributed by atoms with Crippen LogP contribution < -0.4 is 15.4 Å². The lowest BCUT2D eigenvalue weighted by molar-refractivity contribution is -0.128. The molecule has 1 aromatic carbocycles. The van der Waals surface area contributed by atoms with Gasteiger partial charge in [-0.05, 0) is 19.1 Å². The monoisotopic (exact) mass is 287 g/mol. The van der Waals surface area contributed by atoms with Gasteiger partial charge in [-0.15, -0.1) is 0 Å². The van der Waals surface area contributed by atoms with Gasteiger partial charge >= 0.3 is 0 Å². The van der Waals surface area contributed by atoms with Gasteiger partial charge in [0.15, 0.2) is 11.9 Å². The molecule has 21 heavy (non-hydrogen) atoms. The van der Waals surface area contributed by atoms with E-state index in [-0.39, 0.29) is 18.2 Å². The summed E-state index contributed by atoms with van der Waals surface area (Å²) >= 11 is 0. The summed E-state index contributed by atoms with van der Waals surface area (Å²) in [6.07, 6.45) is -0.973. The van der Waals surface area contributed by atoms with Crippen LogP contribution in [-0.2, 0) is 9.59 Å². The van der Waals surface area contributed by atoms with Gasteiger partial charge in [-0.3, -0.25) is 9.59 Å². The van der Waals surface area contributed by atoms with Gasteiger partial charge in [-0.1, -0.05) is 17.3 Å². The molecule has 0 saturated heterocycles. The number of fused-ring (bicyclic) bond motifs is 1. The molecule has 0 aliphatic carbocycles. The van der Waals surface area contributed by atoms with Crippen LogP contribution in [0.3, 0.4) is 0 Å². The second-order valence-corrected chi connectivity index (χ2v) is 4.67. The number of nitrogens with zero attached hydrogens (tertiary/aromatic N) is 1. The third kappa shape index (κ3) is 2.86. The summed E-state index contributed by atoms with van der Waals surface area (Å²) in [4.78, 5) is 23.8. The molecule has 0 saturated carbocycles. The minimum Gasteiger partial charge on any atom is -0.478 e. The first-order chi connectivity index (χ1) is 10.1. The Morgan fingerprint density at radius 1 is 1.43 bits per heavy atom. The quantitative estimate of drug-likeness (QED) is 0.896. The highest BCUT2D eigenvalue weighted by molar-refractivity contribution is 6.01. The maximum Gasteiger partial charge on any atom is 0.266 e. The van der Waals surface area contributed by atoms with Crippen LogP contribution >= 0.6 is 0 Å². The molecule has 1 aliphatic rings. The number of aryl methyl sites for hydroxylation is 1. The Bertz CT molecular complexity index is 695. The van der Waals surface area contributed by atoms with Gasteiger partial charge in [-0.25, -0.2) is 0 Å². The Hall–Kier alpha value is -2.83. The minimum absolute atomic E-state index is 0.105. The molecule has 0 radical (unpaired) electrons. The molecule has 2 heterocycles. The average Bonchev–Trinajstić information content (AvgIpc) is 2.85. The molecular weight excluding hydrogens is 274 g/mol. The van der Waals surface area contributed by atoms with Crippen molar-refractivity contribution in [2.75, 3.05) is 10.6 Å². The molecule has 2 N–H and O–H groups in total. The molecule has 0 fully saturated rings. The highest BCUT2D eigenvalue weighted by Crippen LogP contribution is 2.29. The van der Waals surface area contributed by atoms with Crippen molar-refractivity contribution in [3.63, 3.8) is 0 Å². The molecular formula is C14H13N3O4. The number of anilines is 2. The fraction of sp³-hybridized carbons (Fsp3) is 0.214. The fourth-order valence-corrected chi connectivity index (χ4v) is 2.01. The van der Waals surface area contributed by atoms with Gasteiger partial charge in [0.1, 0.15) is 11.5 Å². The zero-order valence-electron chi connectivity index (χ0n) is 11.3. The van der Waals surface area contributed by atoms with Crippen molar-refractivity contribution < 1.29 is 18.8 Å². The van der Waals surface area contributed by atoms with Crippen LogP contribution in [0.1, 0.15) is 12.2 Å². The molecule has 1 aliphatic heterocycles. The van der Waals surface area contributed by atoms with Gasteiger partial charge in [-0.2, -0.15) is 0 Å². The van der Waals surface area contributed by atoms with E-state index in [0.717, 1.165) is 0 Å². The number of carbonyl (C=O) groups is 2. The smallest absolute Gasteiger partial charge is 0.266 e. The maximum absolute atomic E-state index is 11.9. The Kier molecular flexibility index (Phi) is 3.31. The summed E-state index contributed by atoms with van der Waals surface area (Å²) in [5.41, 5.74) is 0.603. The predicted molar refractivity (Wildman–Crippen MR) is 74.0 cm³/mol. The third-order valence-corrected chi connectivity index (χ3v) is 2.97. The average molecular weight is 287 g/mol. The number of hydrogen-bond donors (Lipinski definition) is 2. The number of hydrogen-bond acceptors (Lipinski definition) is 5. The van der Waals surface area contributed by atoms with E-state index in [1.165, 1.54) is 0 Å². The number of rotatable bonds is 3. The van der Waals surface area contributed by atoms with Gasteiger partial charge in [0.2, 0.25) is 5.91 Å². The van der Waals surface area contributed by atoms with E-state index in [4.69, 9.17) is 9.26 Å². The van der Waals surface area contributed by atoms with E-state index >= 15 is 0 Å². The number of carbonyl (C=O) groups excluding carboxylic acids is 2. The van der Waals surface area contributed by atoms with Crippen molar-refractivity contribution in [3.05, 3.63) is 36.1 Å². The van der Waals surface area contributed by atoms with Crippen LogP contribution in [0.4, 0.5) is 11.5 Å². The highest BCUT2D eigenvalue weighted by atomic mass is 16.5. The molecule has 108 valence electrons. The van der Waals surface area contributed by atoms with Gasteiger partial charge < -0.3 is 19.9 Å². The molecule has 2 amide bonds. The summed E-state index contributed by atoms with van der Waals surface area (Å²) in [5, 5.41) is 8.91. The Morgan fingerprint density at radius 3 is 3.00 bits per heavy atom. The van der Waals surface area contributed by atoms with Crippen molar-refractivity contribution in [2.45, 2.75) is 19.4 Å². The fourth-order valence-electron chi connectivity index (χ4n) is 2.01. The maximum atomic E-state index is 11.9.